The lowest BCUT2D eigenvalue weighted by Gasteiger charge is -2.12. The van der Waals surface area contributed by atoms with Crippen molar-refractivity contribution in [3.05, 3.63) is 60.3 Å². The van der Waals surface area contributed by atoms with Crippen LogP contribution in [0.15, 0.2) is 49.2 Å². The summed E-state index contributed by atoms with van der Waals surface area (Å²) < 4.78 is 17.9. The molecule has 9 nitrogen and oxygen atoms in total. The van der Waals surface area contributed by atoms with Crippen molar-refractivity contribution in [2.75, 3.05) is 6.79 Å². The third kappa shape index (κ3) is 4.03. The zero-order chi connectivity index (χ0) is 19.3. The van der Waals surface area contributed by atoms with Gasteiger partial charge in [0.1, 0.15) is 25.3 Å². The minimum Gasteiger partial charge on any atom is -0.473 e. The van der Waals surface area contributed by atoms with Gasteiger partial charge in [0, 0.05) is 18.8 Å². The van der Waals surface area contributed by atoms with Gasteiger partial charge in [0.25, 0.3) is 0 Å². The minimum absolute atomic E-state index is 0.148. The first-order chi connectivity index (χ1) is 13.7. The van der Waals surface area contributed by atoms with Crippen molar-refractivity contribution in [1.82, 2.24) is 25.1 Å². The summed E-state index contributed by atoms with van der Waals surface area (Å²) in [6.45, 7) is 2.71. The SMILES string of the molecule is C[C@@H](C(=O)NCc1ccnc(OCc2ccc3c(c2)OCO3)c1)n1cncn1. The second kappa shape index (κ2) is 7.95. The molecule has 1 amide bonds. The molecule has 3 heterocycles. The summed E-state index contributed by atoms with van der Waals surface area (Å²) in [6.07, 6.45) is 4.56. The van der Waals surface area contributed by atoms with Crippen LogP contribution in [0.3, 0.4) is 0 Å². The van der Waals surface area contributed by atoms with E-state index in [4.69, 9.17) is 14.2 Å². The second-order valence-corrected chi connectivity index (χ2v) is 6.25. The average molecular weight is 381 g/mol. The molecule has 1 atom stereocenters. The lowest BCUT2D eigenvalue weighted by atomic mass is 10.2. The quantitative estimate of drug-likeness (QED) is 0.667. The Balaban J connectivity index is 1.32. The molecule has 0 spiro atoms. The monoisotopic (exact) mass is 381 g/mol. The summed E-state index contributed by atoms with van der Waals surface area (Å²) >= 11 is 0. The van der Waals surface area contributed by atoms with E-state index in [1.54, 1.807) is 19.2 Å². The lowest BCUT2D eigenvalue weighted by Crippen LogP contribution is -2.30. The fourth-order valence-electron chi connectivity index (χ4n) is 2.70. The van der Waals surface area contributed by atoms with Gasteiger partial charge >= 0.3 is 0 Å². The average Bonchev–Trinajstić information content (AvgIpc) is 3.41. The van der Waals surface area contributed by atoms with Crippen LogP contribution in [0.1, 0.15) is 24.1 Å². The predicted molar refractivity (Wildman–Crippen MR) is 97.7 cm³/mol. The normalized spacial score (nSPS) is 13.2. The van der Waals surface area contributed by atoms with Crippen LogP contribution in [-0.2, 0) is 17.9 Å². The maximum absolute atomic E-state index is 12.2. The third-order valence-electron chi connectivity index (χ3n) is 4.30. The third-order valence-corrected chi connectivity index (χ3v) is 4.30. The van der Waals surface area contributed by atoms with Crippen molar-refractivity contribution in [1.29, 1.82) is 0 Å². The van der Waals surface area contributed by atoms with Gasteiger partial charge in [-0.05, 0) is 36.2 Å². The maximum Gasteiger partial charge on any atom is 0.244 e. The molecule has 4 rings (SSSR count). The van der Waals surface area contributed by atoms with Crippen molar-refractivity contribution < 1.29 is 19.0 Å². The number of nitrogens with zero attached hydrogens (tertiary/aromatic N) is 4. The number of hydrogen-bond acceptors (Lipinski definition) is 7. The van der Waals surface area contributed by atoms with Crippen LogP contribution in [0.25, 0.3) is 0 Å². The smallest absolute Gasteiger partial charge is 0.244 e. The molecule has 0 radical (unpaired) electrons. The molecule has 1 aliphatic heterocycles. The lowest BCUT2D eigenvalue weighted by molar-refractivity contribution is -0.124. The van der Waals surface area contributed by atoms with Gasteiger partial charge in [0.2, 0.25) is 18.6 Å². The first kappa shape index (κ1) is 17.8. The molecule has 3 aromatic rings. The van der Waals surface area contributed by atoms with E-state index in [1.807, 2.05) is 24.3 Å². The number of amides is 1. The standard InChI is InChI=1S/C19H19N5O4/c1-13(24-11-20-10-23-24)19(25)22-8-14-4-5-21-18(7-14)26-9-15-2-3-16-17(6-15)28-12-27-16/h2-7,10-11,13H,8-9,12H2,1H3,(H,22,25)/t13-/m0/s1. The Morgan fingerprint density at radius 3 is 3.00 bits per heavy atom. The first-order valence-electron chi connectivity index (χ1n) is 8.77. The van der Waals surface area contributed by atoms with Crippen molar-refractivity contribution in [3.63, 3.8) is 0 Å². The highest BCUT2D eigenvalue weighted by Gasteiger charge is 2.15. The maximum atomic E-state index is 12.2. The van der Waals surface area contributed by atoms with Gasteiger partial charge in [0.05, 0.1) is 0 Å². The first-order valence-corrected chi connectivity index (χ1v) is 8.77. The van der Waals surface area contributed by atoms with Crippen LogP contribution < -0.4 is 19.5 Å². The minimum atomic E-state index is -0.439. The number of carbonyl (C=O) groups excluding carboxylic acids is 1. The number of pyridine rings is 1. The molecule has 2 aromatic heterocycles. The number of nitrogens with one attached hydrogen (secondary N) is 1. The highest BCUT2D eigenvalue weighted by Crippen LogP contribution is 2.32. The topological polar surface area (TPSA) is 100 Å². The van der Waals surface area contributed by atoms with E-state index in [1.165, 1.54) is 17.3 Å². The Morgan fingerprint density at radius 2 is 2.14 bits per heavy atom. The van der Waals surface area contributed by atoms with E-state index in [0.717, 1.165) is 16.9 Å². The number of rotatable bonds is 7. The summed E-state index contributed by atoms with van der Waals surface area (Å²) in [5.41, 5.74) is 1.83. The molecule has 1 aliphatic rings. The van der Waals surface area contributed by atoms with Crippen molar-refractivity contribution >= 4 is 5.91 Å². The molecule has 0 aliphatic carbocycles. The van der Waals surface area contributed by atoms with Crippen molar-refractivity contribution in [2.45, 2.75) is 26.1 Å². The van der Waals surface area contributed by atoms with E-state index in [2.05, 4.69) is 20.4 Å². The van der Waals surface area contributed by atoms with E-state index in [9.17, 15) is 4.79 Å². The van der Waals surface area contributed by atoms with Gasteiger partial charge in [0.15, 0.2) is 11.5 Å². The molecule has 0 saturated carbocycles. The number of hydrogen-bond donors (Lipinski definition) is 1. The van der Waals surface area contributed by atoms with Gasteiger partial charge in [-0.15, -0.1) is 0 Å². The Morgan fingerprint density at radius 1 is 1.25 bits per heavy atom. The number of fused-ring (bicyclic) bond motifs is 1. The fraction of sp³-hybridized carbons (Fsp3) is 0.263. The molecule has 28 heavy (non-hydrogen) atoms. The summed E-state index contributed by atoms with van der Waals surface area (Å²) in [5.74, 6) is 1.78. The zero-order valence-electron chi connectivity index (χ0n) is 15.2. The summed E-state index contributed by atoms with van der Waals surface area (Å²) in [6, 6.07) is 8.85. The molecule has 0 bridgehead atoms. The molecule has 0 saturated heterocycles. The van der Waals surface area contributed by atoms with Crippen LogP contribution in [0.2, 0.25) is 0 Å². The molecule has 0 unspecified atom stereocenters. The van der Waals surface area contributed by atoms with E-state index in [-0.39, 0.29) is 12.7 Å². The van der Waals surface area contributed by atoms with E-state index < -0.39 is 6.04 Å². The van der Waals surface area contributed by atoms with Crippen molar-refractivity contribution in [2.24, 2.45) is 0 Å². The predicted octanol–water partition coefficient (Wildman–Crippen LogP) is 1.86. The largest absolute Gasteiger partial charge is 0.473 e. The Hall–Kier alpha value is -3.62. The molecule has 9 heteroatoms. The highest BCUT2D eigenvalue weighted by molar-refractivity contribution is 5.79. The van der Waals surface area contributed by atoms with Crippen LogP contribution in [0.4, 0.5) is 0 Å². The molecular weight excluding hydrogens is 362 g/mol. The summed E-state index contributed by atoms with van der Waals surface area (Å²) in [5, 5.41) is 6.85. The fourth-order valence-corrected chi connectivity index (χ4v) is 2.70. The van der Waals surface area contributed by atoms with Gasteiger partial charge in [-0.25, -0.2) is 14.6 Å². The molecule has 0 fully saturated rings. The van der Waals surface area contributed by atoms with Crippen LogP contribution in [-0.4, -0.2) is 32.4 Å². The summed E-state index contributed by atoms with van der Waals surface area (Å²) in [4.78, 5) is 20.3. The molecule has 144 valence electrons. The number of ether oxygens (including phenoxy) is 3. The Labute approximate surface area is 161 Å². The van der Waals surface area contributed by atoms with E-state index in [0.29, 0.717) is 24.8 Å². The summed E-state index contributed by atoms with van der Waals surface area (Å²) in [7, 11) is 0. The Bertz CT molecular complexity index is 961. The number of carbonyl (C=O) groups is 1. The second-order valence-electron chi connectivity index (χ2n) is 6.25. The number of benzene rings is 1. The highest BCUT2D eigenvalue weighted by atomic mass is 16.7. The molecular formula is C19H19N5O4. The molecule has 1 aromatic carbocycles. The van der Waals surface area contributed by atoms with Gasteiger partial charge in [-0.2, -0.15) is 5.10 Å². The van der Waals surface area contributed by atoms with Crippen LogP contribution in [0, 0.1) is 0 Å². The van der Waals surface area contributed by atoms with Gasteiger partial charge in [-0.3, -0.25) is 4.79 Å². The van der Waals surface area contributed by atoms with Crippen molar-refractivity contribution in [3.8, 4) is 17.4 Å². The van der Waals surface area contributed by atoms with Gasteiger partial charge in [-0.1, -0.05) is 6.07 Å². The molecule has 1 N–H and O–H groups in total. The Kier molecular flexibility index (Phi) is 5.05. The van der Waals surface area contributed by atoms with Gasteiger partial charge < -0.3 is 19.5 Å². The zero-order valence-corrected chi connectivity index (χ0v) is 15.2. The van der Waals surface area contributed by atoms with Crippen LogP contribution >= 0.6 is 0 Å². The number of aromatic nitrogens is 4. The van der Waals surface area contributed by atoms with E-state index >= 15 is 0 Å². The van der Waals surface area contributed by atoms with Crippen LogP contribution in [0.5, 0.6) is 17.4 Å².